The maximum atomic E-state index is 8.11. The van der Waals surface area contributed by atoms with Crippen molar-refractivity contribution in [2.45, 2.75) is 0 Å². The molecule has 0 aliphatic rings. The van der Waals surface area contributed by atoms with Crippen molar-refractivity contribution in [3.63, 3.8) is 0 Å². The molecule has 0 radical (unpaired) electrons. The van der Waals surface area contributed by atoms with Crippen molar-refractivity contribution >= 4 is 48.9 Å². The van der Waals surface area contributed by atoms with Gasteiger partial charge in [-0.1, -0.05) is 97.1 Å². The zero-order valence-corrected chi connectivity index (χ0v) is 16.9. The maximum absolute atomic E-state index is 8.11. The van der Waals surface area contributed by atoms with E-state index >= 15 is 0 Å². The summed E-state index contributed by atoms with van der Waals surface area (Å²) in [6, 6.07) is 36.1. The molecule has 0 aliphatic heterocycles. The molecule has 0 aromatic heterocycles. The quantitative estimate of drug-likeness (QED) is 0.181. The van der Waals surface area contributed by atoms with E-state index in [-0.39, 0.29) is 5.84 Å². The van der Waals surface area contributed by atoms with Crippen LogP contribution in [0.1, 0.15) is 5.56 Å². The van der Waals surface area contributed by atoms with Gasteiger partial charge in [0.05, 0.1) is 0 Å². The first-order valence-electron chi connectivity index (χ1n) is 10.4. The third-order valence-corrected chi connectivity index (χ3v) is 6.26. The van der Waals surface area contributed by atoms with Gasteiger partial charge in [0.2, 0.25) is 0 Å². The van der Waals surface area contributed by atoms with Crippen LogP contribution in [0.2, 0.25) is 0 Å². The largest absolute Gasteiger partial charge is 0.384 e. The predicted molar refractivity (Wildman–Crippen MR) is 133 cm³/mol. The van der Waals surface area contributed by atoms with Crippen LogP contribution in [0.5, 0.6) is 0 Å². The lowest BCUT2D eigenvalue weighted by Gasteiger charge is -2.17. The van der Waals surface area contributed by atoms with Gasteiger partial charge in [0, 0.05) is 5.56 Å². The zero-order chi connectivity index (χ0) is 20.9. The molecule has 3 N–H and O–H groups in total. The third-order valence-electron chi connectivity index (χ3n) is 6.26. The fraction of sp³-hybridized carbons (Fsp3) is 0. The molecule has 146 valence electrons. The molecule has 0 unspecified atom stereocenters. The topological polar surface area (TPSA) is 49.9 Å². The number of nitrogens with one attached hydrogen (secondary N) is 1. The van der Waals surface area contributed by atoms with E-state index in [1.807, 2.05) is 18.2 Å². The number of nitrogen functional groups attached to an aromatic ring is 1. The van der Waals surface area contributed by atoms with Gasteiger partial charge in [-0.3, -0.25) is 5.41 Å². The van der Waals surface area contributed by atoms with Crippen LogP contribution in [0, 0.1) is 5.41 Å². The number of hydrogen-bond donors (Lipinski definition) is 2. The minimum atomic E-state index is 0.0862. The van der Waals surface area contributed by atoms with Crippen LogP contribution < -0.4 is 5.73 Å². The summed E-state index contributed by atoms with van der Waals surface area (Å²) >= 11 is 0. The van der Waals surface area contributed by atoms with Crippen LogP contribution in [-0.2, 0) is 0 Å². The summed E-state index contributed by atoms with van der Waals surface area (Å²) in [5, 5.41) is 18.0. The normalized spacial score (nSPS) is 11.5. The first kappa shape index (κ1) is 17.7. The second kappa shape index (κ2) is 6.68. The highest BCUT2D eigenvalue weighted by Crippen LogP contribution is 2.43. The minimum absolute atomic E-state index is 0.0862. The zero-order valence-electron chi connectivity index (χ0n) is 16.9. The molecule has 2 nitrogen and oxygen atoms in total. The van der Waals surface area contributed by atoms with Gasteiger partial charge >= 0.3 is 0 Å². The minimum Gasteiger partial charge on any atom is -0.384 e. The third kappa shape index (κ3) is 2.55. The summed E-state index contributed by atoms with van der Waals surface area (Å²) in [6.45, 7) is 0. The van der Waals surface area contributed by atoms with Gasteiger partial charge in [0.1, 0.15) is 5.84 Å². The van der Waals surface area contributed by atoms with Gasteiger partial charge < -0.3 is 5.73 Å². The molecular formula is C29H20N2. The molecule has 0 bridgehead atoms. The molecule has 0 saturated carbocycles. The van der Waals surface area contributed by atoms with E-state index in [1.165, 1.54) is 43.1 Å². The van der Waals surface area contributed by atoms with Gasteiger partial charge in [-0.05, 0) is 60.3 Å². The van der Waals surface area contributed by atoms with Crippen molar-refractivity contribution in [3.8, 4) is 11.1 Å². The highest BCUT2D eigenvalue weighted by molar-refractivity contribution is 6.33. The second-order valence-corrected chi connectivity index (χ2v) is 7.94. The Hall–Kier alpha value is -4.17. The Kier molecular flexibility index (Phi) is 3.81. The molecule has 0 atom stereocenters. The molecule has 2 heteroatoms. The van der Waals surface area contributed by atoms with Crippen LogP contribution in [0.3, 0.4) is 0 Å². The monoisotopic (exact) mass is 396 g/mol. The van der Waals surface area contributed by atoms with Crippen LogP contribution >= 0.6 is 0 Å². The average Bonchev–Trinajstić information content (AvgIpc) is 2.83. The average molecular weight is 396 g/mol. The lowest BCUT2D eigenvalue weighted by molar-refractivity contribution is 1.42. The summed E-state index contributed by atoms with van der Waals surface area (Å²) in [4.78, 5) is 0. The molecule has 6 aromatic carbocycles. The Morgan fingerprint density at radius 3 is 1.58 bits per heavy atom. The smallest absolute Gasteiger partial charge is 0.123 e. The van der Waals surface area contributed by atoms with Gasteiger partial charge in [0.25, 0.3) is 0 Å². The molecule has 6 aromatic rings. The first-order chi connectivity index (χ1) is 15.2. The van der Waals surface area contributed by atoms with E-state index in [2.05, 4.69) is 84.9 Å². The van der Waals surface area contributed by atoms with Gasteiger partial charge in [-0.2, -0.15) is 0 Å². The number of hydrogen-bond acceptors (Lipinski definition) is 1. The van der Waals surface area contributed by atoms with Crippen LogP contribution in [0.15, 0.2) is 103 Å². The van der Waals surface area contributed by atoms with E-state index in [0.29, 0.717) is 0 Å². The lowest BCUT2D eigenvalue weighted by atomic mass is 9.86. The van der Waals surface area contributed by atoms with E-state index in [9.17, 15) is 0 Å². The summed E-state index contributed by atoms with van der Waals surface area (Å²) < 4.78 is 0. The van der Waals surface area contributed by atoms with Gasteiger partial charge in [-0.15, -0.1) is 0 Å². The molecule has 0 heterocycles. The Morgan fingerprint density at radius 1 is 0.484 bits per heavy atom. The van der Waals surface area contributed by atoms with Crippen molar-refractivity contribution < 1.29 is 0 Å². The molecule has 0 aliphatic carbocycles. The SMILES string of the molecule is N=C(N)c1ccccc1-c1cc2c3ccccc3c3ccccc3c2c2ccccc12. The molecule has 6 rings (SSSR count). The first-order valence-corrected chi connectivity index (χ1v) is 10.4. The van der Waals surface area contributed by atoms with Gasteiger partial charge in [-0.25, -0.2) is 0 Å². The molecule has 0 fully saturated rings. The number of benzene rings is 6. The van der Waals surface area contributed by atoms with E-state index < -0.39 is 0 Å². The predicted octanol–water partition coefficient (Wildman–Crippen LogP) is 7.25. The molecular weight excluding hydrogens is 376 g/mol. The van der Waals surface area contributed by atoms with E-state index in [4.69, 9.17) is 11.1 Å². The highest BCUT2D eigenvalue weighted by atomic mass is 14.7. The lowest BCUT2D eigenvalue weighted by Crippen LogP contribution is -2.12. The van der Waals surface area contributed by atoms with Crippen molar-refractivity contribution in [2.75, 3.05) is 0 Å². The van der Waals surface area contributed by atoms with Gasteiger partial charge in [0.15, 0.2) is 0 Å². The Bertz CT molecular complexity index is 1660. The number of rotatable bonds is 2. The fourth-order valence-corrected chi connectivity index (χ4v) is 4.94. The standard InChI is InChI=1S/C29H20N2/c30-29(31)25-16-8-5-13-22(25)26-17-27-20-11-2-1-9-18(20)19-10-3-6-14-23(19)28(27)24-15-7-4-12-21(24)26/h1-17H,(H3,30,31). The summed E-state index contributed by atoms with van der Waals surface area (Å²) in [7, 11) is 0. The Labute approximate surface area is 180 Å². The summed E-state index contributed by atoms with van der Waals surface area (Å²) in [5.74, 6) is 0.0862. The summed E-state index contributed by atoms with van der Waals surface area (Å²) in [6.07, 6.45) is 0. The van der Waals surface area contributed by atoms with Crippen molar-refractivity contribution in [2.24, 2.45) is 5.73 Å². The number of nitrogens with two attached hydrogens (primary N) is 1. The maximum Gasteiger partial charge on any atom is 0.123 e. The molecule has 31 heavy (non-hydrogen) atoms. The summed E-state index contributed by atoms with van der Waals surface area (Å²) in [5.41, 5.74) is 8.81. The highest BCUT2D eigenvalue weighted by Gasteiger charge is 2.16. The molecule has 0 saturated heterocycles. The van der Waals surface area contributed by atoms with E-state index in [0.717, 1.165) is 16.7 Å². The Morgan fingerprint density at radius 2 is 0.935 bits per heavy atom. The van der Waals surface area contributed by atoms with Crippen molar-refractivity contribution in [1.82, 2.24) is 0 Å². The van der Waals surface area contributed by atoms with Crippen LogP contribution in [0.4, 0.5) is 0 Å². The van der Waals surface area contributed by atoms with Crippen LogP contribution in [0.25, 0.3) is 54.2 Å². The Balaban J connectivity index is 1.91. The number of fused-ring (bicyclic) bond motifs is 8. The molecule has 0 spiro atoms. The fourth-order valence-electron chi connectivity index (χ4n) is 4.94. The van der Waals surface area contributed by atoms with E-state index in [1.54, 1.807) is 0 Å². The van der Waals surface area contributed by atoms with Crippen molar-refractivity contribution in [1.29, 1.82) is 5.41 Å². The molecule has 0 amide bonds. The second-order valence-electron chi connectivity index (χ2n) is 7.94. The van der Waals surface area contributed by atoms with Crippen molar-refractivity contribution in [3.05, 3.63) is 109 Å². The number of amidine groups is 1. The van der Waals surface area contributed by atoms with Crippen LogP contribution in [-0.4, -0.2) is 5.84 Å².